The first kappa shape index (κ1) is 117. The van der Waals surface area contributed by atoms with Crippen molar-refractivity contribution in [3.8, 4) is 17.6 Å². The lowest BCUT2D eigenvalue weighted by Gasteiger charge is -2.63. The number of hydrogen-bond donors (Lipinski definition) is 12. The topological polar surface area (TPSA) is 470 Å². The molecule has 9 amide bonds. The quantitative estimate of drug-likeness (QED) is 0.0167. The van der Waals surface area contributed by atoms with Gasteiger partial charge in [0.1, 0.15) is 56.6 Å². The maximum atomic E-state index is 18.2. The van der Waals surface area contributed by atoms with Crippen molar-refractivity contribution in [1.82, 2.24) is 47.9 Å². The molecule has 808 valence electrons. The number of primary amides is 1. The van der Waals surface area contributed by atoms with E-state index in [0.29, 0.717) is 153 Å². The molecule has 0 radical (unpaired) electrons. The van der Waals surface area contributed by atoms with E-state index in [4.69, 9.17) is 72.0 Å². The summed E-state index contributed by atoms with van der Waals surface area (Å²) in [4.78, 5) is 135. The number of hydrogen-bond acceptors (Lipinski definition) is 28. The third kappa shape index (κ3) is 36.1. The molecule has 10 rings (SSSR count). The Kier molecular flexibility index (Phi) is 48.6. The van der Waals surface area contributed by atoms with E-state index < -0.39 is 131 Å². The number of urea groups is 1. The van der Waals surface area contributed by atoms with Crippen LogP contribution in [0.15, 0.2) is 95.9 Å². The second-order valence-electron chi connectivity index (χ2n) is 40.1. The molecule has 6 aliphatic carbocycles. The van der Waals surface area contributed by atoms with Gasteiger partial charge in [-0.25, -0.2) is 18.4 Å². The monoisotopic (exact) mass is 2040 g/mol. The first-order chi connectivity index (χ1) is 69.7. The van der Waals surface area contributed by atoms with Crippen LogP contribution in [0.5, 0.6) is 5.75 Å². The lowest BCUT2D eigenvalue weighted by atomic mass is 9.44. The van der Waals surface area contributed by atoms with Crippen LogP contribution in [0.25, 0.3) is 0 Å². The number of halogens is 2. The Morgan fingerprint density at radius 1 is 0.662 bits per heavy atom. The number of ether oxygens (including phenoxy) is 14. The van der Waals surface area contributed by atoms with Crippen molar-refractivity contribution in [2.75, 3.05) is 197 Å². The van der Waals surface area contributed by atoms with Crippen LogP contribution in [0.3, 0.4) is 0 Å². The third-order valence-corrected chi connectivity index (χ3v) is 27.9. The number of quaternary nitrogens is 1. The number of nitrogens with zero attached hydrogens (tertiary/aromatic N) is 2. The molecule has 4 fully saturated rings. The minimum absolute atomic E-state index is 0.0136. The molecule has 2 aromatic rings. The number of aliphatic hydroxyl groups is 1. The van der Waals surface area contributed by atoms with Crippen LogP contribution in [0.1, 0.15) is 188 Å². The smallest absolute Gasteiger partial charge is 0.411 e. The first-order valence-corrected chi connectivity index (χ1v) is 51.9. The van der Waals surface area contributed by atoms with Crippen molar-refractivity contribution in [3.05, 3.63) is 101 Å². The standard InChI is InChI=1S/C105H159F2N13O25/c1-10-22-95-144-90-66-80-81-65-83(106)82-63-73(4)37-40-102(82,5)104(81,107)88(122)67-103(80,6)105(90,145-95)89(123)69-140-79-35-33-77(34-36-79)114-101(131)143-68-74-29-31-76(32-30-74)113-98(128)75(23-21-42-112-100(108)130)64-86(121)96(72(2)3)116-99(129)84(115-92(125)39-48-133-52-56-137-59-61-138-57-53-134-49-44-111-93(126)70-141-78-24-15-12-11-13-16-25-78)26-19-20-41-109-94(127)71-142-87-28-18-14-17-27-85-97(87)117-118-119(85)45-50-135-54-58-139-62-60-136-55-51-132-47-38-91(124)110-43-46-120(7,8)9/h29-37,40,63,72,75,78,80-81,83-84,87-88,90,95-96,117-118,122H,4,10-15,17-24,26-28,38-39,41-62,64-71H2,1-3,5-9H3,(H9-,108,109,110,111,112,113,114,115,116,124,125,126,127,128,129,130,131)/p+1/t75-,78?,80+,81+,83+,84-,87?,88+,90-,95?,96+,102+,103+,104+,105-/m1/s1. The first-order valence-electron chi connectivity index (χ1n) is 51.9. The van der Waals surface area contributed by atoms with Gasteiger partial charge in [-0.1, -0.05) is 96.2 Å². The van der Waals surface area contributed by atoms with Gasteiger partial charge < -0.3 is 124 Å². The highest BCUT2D eigenvalue weighted by Gasteiger charge is 2.80. The Morgan fingerprint density at radius 2 is 1.28 bits per heavy atom. The fourth-order valence-corrected chi connectivity index (χ4v) is 20.1. The number of nitrogens with two attached hydrogens (primary N) is 1. The van der Waals surface area contributed by atoms with Crippen molar-refractivity contribution in [1.29, 1.82) is 0 Å². The van der Waals surface area contributed by atoms with Crippen LogP contribution in [-0.4, -0.2) is 320 Å². The highest BCUT2D eigenvalue weighted by atomic mass is 19.1. The zero-order chi connectivity index (χ0) is 104. The van der Waals surface area contributed by atoms with Crippen molar-refractivity contribution < 1.29 is 133 Å². The minimum Gasteiger partial charge on any atom is -0.486 e. The molecule has 0 bridgehead atoms. The van der Waals surface area contributed by atoms with Gasteiger partial charge in [0.05, 0.1) is 176 Å². The Hall–Kier alpha value is -9.68. The zero-order valence-corrected chi connectivity index (χ0v) is 86.1. The molecule has 3 unspecified atom stereocenters. The number of rotatable bonds is 66. The molecule has 8 aliphatic rings. The lowest BCUT2D eigenvalue weighted by Crippen LogP contribution is -2.70. The maximum Gasteiger partial charge on any atom is 0.411 e. The molecule has 1 saturated heterocycles. The molecule has 0 spiro atoms. The molecule has 0 aromatic heterocycles. The number of aliphatic hydroxyl groups excluding tert-OH is 1. The fourth-order valence-electron chi connectivity index (χ4n) is 20.1. The Balaban J connectivity index is 0.664. The molecule has 15 atom stereocenters. The molecule has 3 saturated carbocycles. The second-order valence-corrected chi connectivity index (χ2v) is 40.1. The number of benzene rings is 2. The van der Waals surface area contributed by atoms with Crippen LogP contribution < -0.4 is 64.0 Å². The summed E-state index contributed by atoms with van der Waals surface area (Å²) < 4.78 is 118. The number of amides is 9. The minimum atomic E-state index is -2.26. The van der Waals surface area contributed by atoms with Gasteiger partial charge in [-0.3, -0.25) is 48.7 Å². The van der Waals surface area contributed by atoms with Gasteiger partial charge in [-0.15, -0.1) is 11.5 Å². The third-order valence-electron chi connectivity index (χ3n) is 27.9. The number of carbonyl (C=O) groups is 10. The van der Waals surface area contributed by atoms with E-state index in [2.05, 4.69) is 93.1 Å². The lowest BCUT2D eigenvalue weighted by molar-refractivity contribution is -0.869. The van der Waals surface area contributed by atoms with Crippen molar-refractivity contribution in [2.24, 2.45) is 40.2 Å². The van der Waals surface area contributed by atoms with E-state index in [9.17, 15) is 53.1 Å². The van der Waals surface area contributed by atoms with Crippen LogP contribution in [0.2, 0.25) is 0 Å². The number of carbonyl (C=O) groups excluding carboxylic acids is 10. The highest BCUT2D eigenvalue weighted by Crippen LogP contribution is 2.72. The normalized spacial score (nSPS) is 24.3. The van der Waals surface area contributed by atoms with Gasteiger partial charge in [-0.05, 0) is 168 Å². The number of allylic oxidation sites excluding steroid dienone is 6. The number of likely N-dealkylation sites (N-methyl/N-ethyl adjacent to an activating group) is 1. The van der Waals surface area contributed by atoms with E-state index in [1.165, 1.54) is 0 Å². The molecule has 2 aromatic carbocycles. The Morgan fingerprint density at radius 3 is 1.94 bits per heavy atom. The van der Waals surface area contributed by atoms with E-state index >= 15 is 8.78 Å². The van der Waals surface area contributed by atoms with Crippen molar-refractivity contribution in [3.63, 3.8) is 0 Å². The summed E-state index contributed by atoms with van der Waals surface area (Å²) >= 11 is 0. The summed E-state index contributed by atoms with van der Waals surface area (Å²) in [6.07, 6.45) is 10.1. The van der Waals surface area contributed by atoms with Crippen LogP contribution in [0, 0.1) is 46.3 Å². The number of Topliss-reactive ketones (excluding diaryl/α,β-unsaturated/α-hetero) is 2. The number of nitrogens with one attached hydrogen (secondary N) is 10. The van der Waals surface area contributed by atoms with Crippen molar-refractivity contribution >= 4 is 70.5 Å². The van der Waals surface area contributed by atoms with Crippen LogP contribution in [-0.2, 0) is 107 Å². The summed E-state index contributed by atoms with van der Waals surface area (Å²) in [5, 5.41) is 36.5. The Bertz CT molecular complexity index is 4650. The van der Waals surface area contributed by atoms with Gasteiger partial charge in [0.25, 0.3) is 0 Å². The van der Waals surface area contributed by atoms with Crippen molar-refractivity contribution in [2.45, 2.75) is 249 Å². The molecule has 38 nitrogen and oxygen atoms in total. The predicted octanol–water partition coefficient (Wildman–Crippen LogP) is 8.54. The summed E-state index contributed by atoms with van der Waals surface area (Å²) in [5.41, 5.74) is 9.30. The fraction of sp³-hybridized carbons (Fsp3) is 0.695. The number of fused-ring (bicyclic) bond motifs is 7. The van der Waals surface area contributed by atoms with Gasteiger partial charge in [-0.2, -0.15) is 0 Å². The molecule has 145 heavy (non-hydrogen) atoms. The van der Waals surface area contributed by atoms with E-state index in [1.54, 1.807) is 87.5 Å². The zero-order valence-electron chi connectivity index (χ0n) is 86.1. The average Bonchev–Trinajstić information content (AvgIpc) is 1.51. The number of unbranched alkanes of at least 4 members (excludes halogenated alkanes) is 1. The van der Waals surface area contributed by atoms with Gasteiger partial charge >= 0.3 is 12.1 Å². The van der Waals surface area contributed by atoms with Crippen LogP contribution in [0.4, 0.5) is 29.7 Å². The molecule has 2 heterocycles. The highest BCUT2D eigenvalue weighted by molar-refractivity contribution is 5.98. The number of hydrazine groups is 2. The summed E-state index contributed by atoms with van der Waals surface area (Å²) in [6.45, 7) is 19.5. The molecule has 40 heteroatoms. The SMILES string of the molecule is C=C1C=C[C@@]2(C)C(=C1)[C@@H](F)C[C@H]1[C@@H]3C[C@H]4OC(CCC)O[C@@]4(C(=O)COc4ccc(NC(=O)OCc5ccc(NC(=O)[C@H](CCCNC(N)=O)CC(=O)[C@@H](NC(=O)[C@@H](CCCCNC(=O)COC6CCCCCC7=C6NNN7CCOCCOCCOCCOCCC(=O)NCC[N+](C)(C)C)NC(=O)CCOCCOCCOCCOCCNC(=O)COC6C#CCCCCC6)C(C)C)cc5)cc4)[C@@]3(C)C[C@H](O)[C@@]12F. The van der Waals surface area contributed by atoms with E-state index in [0.717, 1.165) is 80.2 Å². The van der Waals surface area contributed by atoms with E-state index in [-0.39, 0.29) is 159 Å². The Labute approximate surface area is 851 Å². The van der Waals surface area contributed by atoms with Gasteiger partial charge in [0.15, 0.2) is 23.3 Å². The molecule has 13 N–H and O–H groups in total. The van der Waals surface area contributed by atoms with Gasteiger partial charge in [0.2, 0.25) is 41.2 Å². The summed E-state index contributed by atoms with van der Waals surface area (Å²) in [7, 11) is 6.22. The summed E-state index contributed by atoms with van der Waals surface area (Å²) in [5.74, 6) is 0.166. The number of anilines is 2. The van der Waals surface area contributed by atoms with Gasteiger partial charge in [0, 0.05) is 79.4 Å². The number of alkyl halides is 2. The second kappa shape index (κ2) is 60.1. The molecule has 2 aliphatic heterocycles. The summed E-state index contributed by atoms with van der Waals surface area (Å²) in [6, 6.07) is 9.62. The largest absolute Gasteiger partial charge is 0.486 e. The predicted molar refractivity (Wildman–Crippen MR) is 535 cm³/mol. The molecular formula is C105H160F2N13O25+. The molecular weight excluding hydrogens is 1880 g/mol. The maximum absolute atomic E-state index is 18.2. The average molecular weight is 2040 g/mol. The van der Waals surface area contributed by atoms with Crippen LogP contribution >= 0.6 is 0 Å². The number of ketones is 2. The van der Waals surface area contributed by atoms with E-state index in [1.807, 2.05) is 18.9 Å².